The van der Waals surface area contributed by atoms with Gasteiger partial charge in [-0.05, 0) is 25.2 Å². The van der Waals surface area contributed by atoms with Gasteiger partial charge in [0.1, 0.15) is 0 Å². The van der Waals surface area contributed by atoms with Crippen molar-refractivity contribution in [2.24, 2.45) is 0 Å². The van der Waals surface area contributed by atoms with E-state index in [-0.39, 0.29) is 0 Å². The summed E-state index contributed by atoms with van der Waals surface area (Å²) < 4.78 is 0. The molecule has 0 saturated heterocycles. The molecule has 2 rings (SSSR count). The third kappa shape index (κ3) is 1.64. The Kier molecular flexibility index (Phi) is 2.18. The van der Waals surface area contributed by atoms with Gasteiger partial charge in [0.25, 0.3) is 0 Å². The molecule has 0 radical (unpaired) electrons. The van der Waals surface area contributed by atoms with Crippen molar-refractivity contribution >= 4 is 11.3 Å². The molecule has 2 heteroatoms. The molecule has 1 aromatic rings. The van der Waals surface area contributed by atoms with E-state index in [9.17, 15) is 0 Å². The first-order chi connectivity index (χ1) is 6.15. The number of hydrogen-bond acceptors (Lipinski definition) is 2. The highest BCUT2D eigenvalue weighted by Crippen LogP contribution is 2.48. The Morgan fingerprint density at radius 1 is 1.62 bits per heavy atom. The quantitative estimate of drug-likeness (QED) is 0.716. The summed E-state index contributed by atoms with van der Waals surface area (Å²) in [5.41, 5.74) is 1.76. The van der Waals surface area contributed by atoms with Crippen LogP contribution in [0.3, 0.4) is 0 Å². The molecule has 1 heterocycles. The summed E-state index contributed by atoms with van der Waals surface area (Å²) in [7, 11) is 0. The predicted octanol–water partition coefficient (Wildman–Crippen LogP) is 3.71. The highest BCUT2D eigenvalue weighted by molar-refractivity contribution is 7.09. The van der Waals surface area contributed by atoms with E-state index in [1.165, 1.54) is 30.0 Å². The number of rotatable bonds is 3. The van der Waals surface area contributed by atoms with E-state index >= 15 is 0 Å². The fraction of sp³-hybridized carbons (Fsp3) is 0.727. The maximum Gasteiger partial charge on any atom is 0.0987 e. The smallest absolute Gasteiger partial charge is 0.0987 e. The fourth-order valence-electron chi connectivity index (χ4n) is 1.40. The summed E-state index contributed by atoms with van der Waals surface area (Å²) >= 11 is 1.85. The van der Waals surface area contributed by atoms with Crippen LogP contribution in [0.15, 0.2) is 5.38 Å². The lowest BCUT2D eigenvalue weighted by atomic mass is 10.1. The summed E-state index contributed by atoms with van der Waals surface area (Å²) in [6.07, 6.45) is 3.86. The van der Waals surface area contributed by atoms with Crippen molar-refractivity contribution in [3.63, 3.8) is 0 Å². The zero-order valence-corrected chi connectivity index (χ0v) is 9.45. The van der Waals surface area contributed by atoms with Gasteiger partial charge < -0.3 is 0 Å². The van der Waals surface area contributed by atoms with Crippen LogP contribution in [0.1, 0.15) is 56.7 Å². The number of aromatic nitrogens is 1. The molecule has 0 amide bonds. The first kappa shape index (κ1) is 9.20. The standard InChI is InChI=1S/C11H17NS/c1-4-8(2)9-7-13-10(12-9)11(3)5-6-11/h7-8H,4-6H2,1-3H3. The van der Waals surface area contributed by atoms with Gasteiger partial charge >= 0.3 is 0 Å². The van der Waals surface area contributed by atoms with Gasteiger partial charge in [0.15, 0.2) is 0 Å². The molecule has 0 aliphatic heterocycles. The van der Waals surface area contributed by atoms with E-state index in [1.54, 1.807) is 0 Å². The van der Waals surface area contributed by atoms with Crippen LogP contribution in [-0.4, -0.2) is 4.98 Å². The molecule has 0 aromatic carbocycles. The van der Waals surface area contributed by atoms with E-state index in [4.69, 9.17) is 4.98 Å². The molecular formula is C11H17NS. The predicted molar refractivity (Wildman–Crippen MR) is 57.4 cm³/mol. The molecule has 72 valence electrons. The average Bonchev–Trinajstić information content (AvgIpc) is 2.72. The van der Waals surface area contributed by atoms with Crippen LogP contribution in [0.4, 0.5) is 0 Å². The molecule has 13 heavy (non-hydrogen) atoms. The lowest BCUT2D eigenvalue weighted by molar-refractivity contribution is 0.695. The maximum absolute atomic E-state index is 4.73. The van der Waals surface area contributed by atoms with Crippen molar-refractivity contribution in [3.05, 3.63) is 16.1 Å². The van der Waals surface area contributed by atoms with Crippen molar-refractivity contribution in [1.29, 1.82) is 0 Å². The van der Waals surface area contributed by atoms with E-state index in [0.29, 0.717) is 11.3 Å². The Labute approximate surface area is 84.2 Å². The lowest BCUT2D eigenvalue weighted by Crippen LogP contribution is -2.00. The third-order valence-corrected chi connectivity index (χ3v) is 4.32. The largest absolute Gasteiger partial charge is 0.245 e. The van der Waals surface area contributed by atoms with Crippen LogP contribution in [0.25, 0.3) is 0 Å². The minimum atomic E-state index is 0.455. The van der Waals surface area contributed by atoms with Crippen molar-refractivity contribution < 1.29 is 0 Å². The molecule has 1 fully saturated rings. The van der Waals surface area contributed by atoms with Gasteiger partial charge in [-0.3, -0.25) is 0 Å². The van der Waals surface area contributed by atoms with Crippen LogP contribution in [0.5, 0.6) is 0 Å². The molecule has 1 aromatic heterocycles. The number of hydrogen-bond donors (Lipinski definition) is 0. The zero-order valence-electron chi connectivity index (χ0n) is 8.63. The Hall–Kier alpha value is -0.370. The minimum absolute atomic E-state index is 0.455. The van der Waals surface area contributed by atoms with Crippen LogP contribution in [-0.2, 0) is 5.41 Å². The van der Waals surface area contributed by atoms with Gasteiger partial charge in [0.2, 0.25) is 0 Å². The highest BCUT2D eigenvalue weighted by atomic mass is 32.1. The molecule has 1 aliphatic rings. The molecule has 0 spiro atoms. The Morgan fingerprint density at radius 3 is 2.85 bits per heavy atom. The third-order valence-electron chi connectivity index (χ3n) is 3.16. The van der Waals surface area contributed by atoms with Crippen molar-refractivity contribution in [3.8, 4) is 0 Å². The first-order valence-corrected chi connectivity index (χ1v) is 5.99. The minimum Gasteiger partial charge on any atom is -0.245 e. The number of thiazole rings is 1. The van der Waals surface area contributed by atoms with Crippen LogP contribution in [0, 0.1) is 0 Å². The molecule has 0 N–H and O–H groups in total. The van der Waals surface area contributed by atoms with Gasteiger partial charge in [0.05, 0.1) is 10.7 Å². The van der Waals surface area contributed by atoms with Crippen LogP contribution < -0.4 is 0 Å². The normalized spacial score (nSPS) is 21.5. The molecule has 1 unspecified atom stereocenters. The molecule has 1 aliphatic carbocycles. The zero-order chi connectivity index (χ0) is 9.47. The van der Waals surface area contributed by atoms with Crippen LogP contribution >= 0.6 is 11.3 Å². The van der Waals surface area contributed by atoms with Gasteiger partial charge in [0, 0.05) is 10.8 Å². The second-order valence-corrected chi connectivity index (χ2v) is 5.31. The van der Waals surface area contributed by atoms with Gasteiger partial charge in [-0.15, -0.1) is 11.3 Å². The van der Waals surface area contributed by atoms with E-state index in [0.717, 1.165) is 0 Å². The van der Waals surface area contributed by atoms with E-state index < -0.39 is 0 Å². The topological polar surface area (TPSA) is 12.9 Å². The Bertz CT molecular complexity index is 299. The first-order valence-electron chi connectivity index (χ1n) is 5.11. The summed E-state index contributed by atoms with van der Waals surface area (Å²) in [5, 5.41) is 3.61. The summed E-state index contributed by atoms with van der Waals surface area (Å²) in [6, 6.07) is 0. The highest BCUT2D eigenvalue weighted by Gasteiger charge is 2.41. The maximum atomic E-state index is 4.73. The van der Waals surface area contributed by atoms with Crippen LogP contribution in [0.2, 0.25) is 0 Å². The van der Waals surface area contributed by atoms with Gasteiger partial charge in [-0.1, -0.05) is 20.8 Å². The summed E-state index contributed by atoms with van der Waals surface area (Å²) in [5.74, 6) is 0.632. The molecular weight excluding hydrogens is 178 g/mol. The van der Waals surface area contributed by atoms with Crippen molar-refractivity contribution in [1.82, 2.24) is 4.98 Å². The molecule has 0 bridgehead atoms. The monoisotopic (exact) mass is 195 g/mol. The van der Waals surface area contributed by atoms with Gasteiger partial charge in [-0.2, -0.15) is 0 Å². The lowest BCUT2D eigenvalue weighted by Gasteiger charge is -2.04. The second-order valence-electron chi connectivity index (χ2n) is 4.45. The van der Waals surface area contributed by atoms with Crippen molar-refractivity contribution in [2.75, 3.05) is 0 Å². The molecule has 1 nitrogen and oxygen atoms in total. The summed E-state index contributed by atoms with van der Waals surface area (Å²) in [6.45, 7) is 6.81. The summed E-state index contributed by atoms with van der Waals surface area (Å²) in [4.78, 5) is 4.73. The van der Waals surface area contributed by atoms with Gasteiger partial charge in [-0.25, -0.2) is 4.98 Å². The second kappa shape index (κ2) is 3.09. The molecule has 1 atom stereocenters. The fourth-order valence-corrected chi connectivity index (χ4v) is 2.56. The SMILES string of the molecule is CCC(C)c1csc(C2(C)CC2)n1. The Balaban J connectivity index is 2.18. The van der Waals surface area contributed by atoms with E-state index in [2.05, 4.69) is 26.2 Å². The van der Waals surface area contributed by atoms with Crippen molar-refractivity contribution in [2.45, 2.75) is 51.4 Å². The average molecular weight is 195 g/mol. The Morgan fingerprint density at radius 2 is 2.31 bits per heavy atom. The molecule has 1 saturated carbocycles. The number of nitrogens with zero attached hydrogens (tertiary/aromatic N) is 1. The van der Waals surface area contributed by atoms with E-state index in [1.807, 2.05) is 11.3 Å².